The van der Waals surface area contributed by atoms with Crippen molar-refractivity contribution in [1.29, 1.82) is 0 Å². The lowest BCUT2D eigenvalue weighted by Crippen LogP contribution is -2.50. The van der Waals surface area contributed by atoms with Gasteiger partial charge >= 0.3 is 0 Å². The number of morpholine rings is 1. The first-order valence-corrected chi connectivity index (χ1v) is 9.09. The Morgan fingerprint density at radius 1 is 1.11 bits per heavy atom. The van der Waals surface area contributed by atoms with Crippen LogP contribution in [0.1, 0.15) is 17.3 Å². The molecule has 6 heteroatoms. The molecule has 1 N–H and O–H groups in total. The van der Waals surface area contributed by atoms with Crippen LogP contribution in [0.25, 0.3) is 21.7 Å². The number of pyridine rings is 1. The van der Waals surface area contributed by atoms with Crippen LogP contribution >= 0.6 is 0 Å². The van der Waals surface area contributed by atoms with Crippen LogP contribution < -0.4 is 5.32 Å². The van der Waals surface area contributed by atoms with E-state index in [-0.39, 0.29) is 11.8 Å². The molecule has 1 fully saturated rings. The Labute approximate surface area is 157 Å². The molecule has 1 aromatic heterocycles. The number of carbonyl (C=O) groups is 2. The zero-order chi connectivity index (χ0) is 18.8. The third-order valence-electron chi connectivity index (χ3n) is 4.90. The highest BCUT2D eigenvalue weighted by atomic mass is 16.5. The second-order valence-corrected chi connectivity index (χ2v) is 6.68. The minimum atomic E-state index is -0.610. The lowest BCUT2D eigenvalue weighted by atomic mass is 10.00. The largest absolute Gasteiger partial charge is 0.378 e. The highest BCUT2D eigenvalue weighted by molar-refractivity contribution is 6.16. The van der Waals surface area contributed by atoms with Gasteiger partial charge in [-0.2, -0.15) is 0 Å². The predicted molar refractivity (Wildman–Crippen MR) is 104 cm³/mol. The van der Waals surface area contributed by atoms with Crippen molar-refractivity contribution in [3.63, 3.8) is 0 Å². The molecule has 0 bridgehead atoms. The fourth-order valence-corrected chi connectivity index (χ4v) is 3.50. The van der Waals surface area contributed by atoms with Crippen molar-refractivity contribution >= 4 is 33.5 Å². The number of hydrogen-bond acceptors (Lipinski definition) is 4. The van der Waals surface area contributed by atoms with Crippen LogP contribution in [0.3, 0.4) is 0 Å². The molecule has 0 saturated carbocycles. The van der Waals surface area contributed by atoms with Gasteiger partial charge in [0.1, 0.15) is 6.04 Å². The second-order valence-electron chi connectivity index (χ2n) is 6.68. The Morgan fingerprint density at radius 3 is 2.67 bits per heavy atom. The van der Waals surface area contributed by atoms with Gasteiger partial charge in [0.05, 0.1) is 24.3 Å². The molecule has 0 aliphatic carbocycles. The number of rotatable bonds is 3. The van der Waals surface area contributed by atoms with E-state index in [2.05, 4.69) is 10.3 Å². The van der Waals surface area contributed by atoms with Gasteiger partial charge in [-0.25, -0.2) is 0 Å². The summed E-state index contributed by atoms with van der Waals surface area (Å²) >= 11 is 0. The molecule has 1 atom stereocenters. The average molecular weight is 363 g/mol. The summed E-state index contributed by atoms with van der Waals surface area (Å²) in [6, 6.07) is 13.0. The number of nitrogens with one attached hydrogen (secondary N) is 1. The van der Waals surface area contributed by atoms with Crippen molar-refractivity contribution in [1.82, 2.24) is 15.2 Å². The van der Waals surface area contributed by atoms with Crippen LogP contribution in [0, 0.1) is 0 Å². The van der Waals surface area contributed by atoms with Crippen LogP contribution in [0.5, 0.6) is 0 Å². The Bertz CT molecular complexity index is 1010. The first-order valence-electron chi connectivity index (χ1n) is 9.09. The molecule has 2 aromatic carbocycles. The van der Waals surface area contributed by atoms with Gasteiger partial charge in [-0.3, -0.25) is 14.6 Å². The van der Waals surface area contributed by atoms with E-state index < -0.39 is 6.04 Å². The number of benzene rings is 2. The van der Waals surface area contributed by atoms with Gasteiger partial charge in [0.25, 0.3) is 5.91 Å². The number of carbonyl (C=O) groups excluding carboxylic acids is 2. The summed E-state index contributed by atoms with van der Waals surface area (Å²) in [4.78, 5) is 31.7. The zero-order valence-electron chi connectivity index (χ0n) is 15.1. The van der Waals surface area contributed by atoms with E-state index in [4.69, 9.17) is 4.74 Å². The molecule has 2 heterocycles. The number of nitrogens with zero attached hydrogens (tertiary/aromatic N) is 2. The van der Waals surface area contributed by atoms with Gasteiger partial charge in [-0.1, -0.05) is 30.3 Å². The van der Waals surface area contributed by atoms with Crippen LogP contribution in [0.2, 0.25) is 0 Å². The summed E-state index contributed by atoms with van der Waals surface area (Å²) in [5, 5.41) is 5.78. The van der Waals surface area contributed by atoms with E-state index in [1.807, 2.05) is 42.5 Å². The maximum Gasteiger partial charge on any atom is 0.254 e. The van der Waals surface area contributed by atoms with E-state index >= 15 is 0 Å². The van der Waals surface area contributed by atoms with Crippen molar-refractivity contribution in [2.75, 3.05) is 26.3 Å². The fraction of sp³-hybridized carbons (Fsp3) is 0.286. The van der Waals surface area contributed by atoms with E-state index in [1.54, 1.807) is 18.0 Å². The van der Waals surface area contributed by atoms with Gasteiger partial charge in [-0.15, -0.1) is 0 Å². The van der Waals surface area contributed by atoms with E-state index in [1.165, 1.54) is 0 Å². The lowest BCUT2D eigenvalue weighted by Gasteiger charge is -2.29. The smallest absolute Gasteiger partial charge is 0.254 e. The standard InChI is InChI=1S/C21H21N3O3/c1-14(21(26)24-9-11-27-12-10-24)23-20(25)18-13-15-5-2-3-6-16(15)17-7-4-8-22-19(17)18/h2-8,13-14H,9-12H2,1H3,(H,23,25)/t14-/m0/s1. The normalized spacial score (nSPS) is 15.7. The molecular weight excluding hydrogens is 342 g/mol. The third-order valence-corrected chi connectivity index (χ3v) is 4.90. The summed E-state index contributed by atoms with van der Waals surface area (Å²) in [5.74, 6) is -0.386. The highest BCUT2D eigenvalue weighted by Gasteiger charge is 2.25. The molecule has 0 spiro atoms. The van der Waals surface area contributed by atoms with Crippen LogP contribution in [-0.4, -0.2) is 54.0 Å². The van der Waals surface area contributed by atoms with Crippen LogP contribution in [-0.2, 0) is 9.53 Å². The van der Waals surface area contributed by atoms with Gasteiger partial charge < -0.3 is 15.0 Å². The molecular formula is C21H21N3O3. The molecule has 138 valence electrons. The first-order chi connectivity index (χ1) is 13.1. The number of fused-ring (bicyclic) bond motifs is 3. The van der Waals surface area contributed by atoms with E-state index in [0.717, 1.165) is 16.2 Å². The summed E-state index contributed by atoms with van der Waals surface area (Å²) in [6.07, 6.45) is 1.68. The van der Waals surface area contributed by atoms with Gasteiger partial charge in [0.2, 0.25) is 5.91 Å². The monoisotopic (exact) mass is 363 g/mol. The molecule has 1 aliphatic heterocycles. The molecule has 27 heavy (non-hydrogen) atoms. The zero-order valence-corrected chi connectivity index (χ0v) is 15.1. The van der Waals surface area contributed by atoms with Crippen LogP contribution in [0.4, 0.5) is 0 Å². The number of ether oxygens (including phenoxy) is 1. The minimum absolute atomic E-state index is 0.0929. The molecule has 1 saturated heterocycles. The van der Waals surface area contributed by atoms with Crippen LogP contribution in [0.15, 0.2) is 48.7 Å². The fourth-order valence-electron chi connectivity index (χ4n) is 3.50. The Balaban J connectivity index is 1.64. The summed E-state index contributed by atoms with van der Waals surface area (Å²) in [5.41, 5.74) is 1.12. The van der Waals surface area contributed by atoms with Crippen molar-refractivity contribution in [3.05, 3.63) is 54.2 Å². The van der Waals surface area contributed by atoms with Gasteiger partial charge in [-0.05, 0) is 29.8 Å². The molecule has 0 radical (unpaired) electrons. The lowest BCUT2D eigenvalue weighted by molar-refractivity contribution is -0.136. The number of hydrogen-bond donors (Lipinski definition) is 1. The van der Waals surface area contributed by atoms with E-state index in [9.17, 15) is 9.59 Å². The van der Waals surface area contributed by atoms with Crippen molar-refractivity contribution < 1.29 is 14.3 Å². The van der Waals surface area contributed by atoms with E-state index in [0.29, 0.717) is 37.4 Å². The number of aromatic nitrogens is 1. The number of amides is 2. The van der Waals surface area contributed by atoms with Crippen molar-refractivity contribution in [3.8, 4) is 0 Å². The first kappa shape index (κ1) is 17.4. The quantitative estimate of drug-likeness (QED) is 0.725. The predicted octanol–water partition coefficient (Wildman–Crippen LogP) is 2.37. The summed E-state index contributed by atoms with van der Waals surface area (Å²) < 4.78 is 5.28. The highest BCUT2D eigenvalue weighted by Crippen LogP contribution is 2.27. The third kappa shape index (κ3) is 3.36. The summed E-state index contributed by atoms with van der Waals surface area (Å²) in [7, 11) is 0. The molecule has 1 aliphatic rings. The minimum Gasteiger partial charge on any atom is -0.378 e. The molecule has 4 rings (SSSR count). The van der Waals surface area contributed by atoms with Gasteiger partial charge in [0.15, 0.2) is 0 Å². The topological polar surface area (TPSA) is 71.5 Å². The molecule has 2 amide bonds. The average Bonchev–Trinajstić information content (AvgIpc) is 2.73. The SMILES string of the molecule is C[C@H](NC(=O)c1cc2ccccc2c2cccnc12)C(=O)N1CCOCC1. The van der Waals surface area contributed by atoms with Gasteiger partial charge in [0, 0.05) is 24.7 Å². The second kappa shape index (κ2) is 7.32. The Morgan fingerprint density at radius 2 is 1.85 bits per heavy atom. The Kier molecular flexibility index (Phi) is 4.73. The van der Waals surface area contributed by atoms with Crippen molar-refractivity contribution in [2.24, 2.45) is 0 Å². The Hall–Kier alpha value is -2.99. The summed E-state index contributed by atoms with van der Waals surface area (Å²) in [6.45, 7) is 3.89. The maximum absolute atomic E-state index is 13.0. The molecule has 3 aromatic rings. The molecule has 0 unspecified atom stereocenters. The maximum atomic E-state index is 13.0. The molecule has 6 nitrogen and oxygen atoms in total. The van der Waals surface area contributed by atoms with Crippen molar-refractivity contribution in [2.45, 2.75) is 13.0 Å².